The van der Waals surface area contributed by atoms with Crippen LogP contribution in [0.4, 0.5) is 8.78 Å². The molecule has 0 aliphatic rings. The lowest BCUT2D eigenvalue weighted by Crippen LogP contribution is -2.33. The van der Waals surface area contributed by atoms with Crippen LogP contribution in [0.3, 0.4) is 0 Å². The predicted molar refractivity (Wildman–Crippen MR) is 74.7 cm³/mol. The van der Waals surface area contributed by atoms with Crippen molar-refractivity contribution >= 4 is 27.6 Å². The summed E-state index contributed by atoms with van der Waals surface area (Å²) < 4.78 is 53.7. The van der Waals surface area contributed by atoms with Crippen molar-refractivity contribution in [2.75, 3.05) is 13.6 Å². The van der Waals surface area contributed by atoms with E-state index in [4.69, 9.17) is 16.7 Å². The van der Waals surface area contributed by atoms with Crippen molar-refractivity contribution in [3.63, 3.8) is 0 Å². The van der Waals surface area contributed by atoms with Gasteiger partial charge in [0.15, 0.2) is 0 Å². The van der Waals surface area contributed by atoms with Crippen LogP contribution in [-0.4, -0.2) is 44.0 Å². The van der Waals surface area contributed by atoms with Crippen LogP contribution in [0.2, 0.25) is 5.02 Å². The number of aliphatic carboxylic acids is 1. The largest absolute Gasteiger partial charge is 0.481 e. The first kappa shape index (κ1) is 18.6. The third-order valence-electron chi connectivity index (χ3n) is 2.78. The molecule has 0 aromatic heterocycles. The molecule has 0 heterocycles. The third-order valence-corrected chi connectivity index (χ3v) is 4.89. The fraction of sp³-hybridized carbons (Fsp3) is 0.417. The fourth-order valence-electron chi connectivity index (χ4n) is 1.58. The van der Waals surface area contributed by atoms with E-state index in [1.165, 1.54) is 14.0 Å². The molecular weight excluding hydrogens is 344 g/mol. The summed E-state index contributed by atoms with van der Waals surface area (Å²) in [6.07, 6.45) is 0. The van der Waals surface area contributed by atoms with Gasteiger partial charge in [0.25, 0.3) is 0 Å². The van der Waals surface area contributed by atoms with E-state index in [0.717, 1.165) is 22.5 Å². The molecule has 1 aromatic carbocycles. The molecule has 6 nitrogen and oxygen atoms in total. The highest BCUT2D eigenvalue weighted by Crippen LogP contribution is 2.29. The highest BCUT2D eigenvalue weighted by Gasteiger charge is 2.25. The summed E-state index contributed by atoms with van der Waals surface area (Å²) in [6.45, 7) is -1.97. The van der Waals surface area contributed by atoms with Crippen molar-refractivity contribution in [3.05, 3.63) is 23.2 Å². The van der Waals surface area contributed by atoms with Gasteiger partial charge in [0.1, 0.15) is 5.75 Å². The number of halogens is 3. The highest BCUT2D eigenvalue weighted by atomic mass is 35.5. The smallest absolute Gasteiger partial charge is 0.387 e. The van der Waals surface area contributed by atoms with E-state index < -0.39 is 28.5 Å². The number of carboxylic acid groups (broad SMARTS) is 1. The Morgan fingerprint density at radius 1 is 1.45 bits per heavy atom. The minimum absolute atomic E-state index is 0.245. The predicted octanol–water partition coefficient (Wildman–Crippen LogP) is 2.28. The van der Waals surface area contributed by atoms with E-state index in [1.54, 1.807) is 0 Å². The van der Waals surface area contributed by atoms with Crippen LogP contribution in [0.15, 0.2) is 23.1 Å². The first-order chi connectivity index (χ1) is 10.1. The van der Waals surface area contributed by atoms with Crippen LogP contribution in [0, 0.1) is 5.92 Å². The first-order valence-corrected chi connectivity index (χ1v) is 7.81. The highest BCUT2D eigenvalue weighted by molar-refractivity contribution is 7.89. The second-order valence-corrected chi connectivity index (χ2v) is 6.95. The molecule has 0 bridgehead atoms. The molecule has 0 aliphatic heterocycles. The normalized spacial score (nSPS) is 13.4. The average molecular weight is 358 g/mol. The Kier molecular flexibility index (Phi) is 6.09. The van der Waals surface area contributed by atoms with Gasteiger partial charge < -0.3 is 9.84 Å². The minimum Gasteiger partial charge on any atom is -0.481 e. The van der Waals surface area contributed by atoms with Gasteiger partial charge in [-0.05, 0) is 18.2 Å². The number of carbonyl (C=O) groups is 1. The van der Waals surface area contributed by atoms with Crippen LogP contribution in [0.25, 0.3) is 0 Å². The summed E-state index contributed by atoms with van der Waals surface area (Å²) in [5.74, 6) is -2.39. The number of rotatable bonds is 7. The molecule has 0 radical (unpaired) electrons. The number of alkyl halides is 2. The molecule has 0 fully saturated rings. The van der Waals surface area contributed by atoms with E-state index in [0.29, 0.717) is 0 Å². The van der Waals surface area contributed by atoms with Crippen molar-refractivity contribution < 1.29 is 31.8 Å². The lowest BCUT2D eigenvalue weighted by Gasteiger charge is -2.19. The van der Waals surface area contributed by atoms with Crippen molar-refractivity contribution in [3.8, 4) is 5.75 Å². The van der Waals surface area contributed by atoms with E-state index in [1.807, 2.05) is 0 Å². The van der Waals surface area contributed by atoms with Crippen LogP contribution >= 0.6 is 11.6 Å². The lowest BCUT2D eigenvalue weighted by atomic mass is 10.2. The minimum atomic E-state index is -3.99. The second-order valence-electron chi connectivity index (χ2n) is 4.50. The van der Waals surface area contributed by atoms with Gasteiger partial charge in [-0.15, -0.1) is 0 Å². The van der Waals surface area contributed by atoms with Crippen LogP contribution in [0.1, 0.15) is 6.92 Å². The topological polar surface area (TPSA) is 83.9 Å². The third kappa shape index (κ3) is 4.52. The van der Waals surface area contributed by atoms with Crippen molar-refractivity contribution in [2.24, 2.45) is 5.92 Å². The maximum Gasteiger partial charge on any atom is 0.387 e. The molecule has 1 atom stereocenters. The number of sulfonamides is 1. The molecule has 0 saturated carbocycles. The Morgan fingerprint density at radius 2 is 2.05 bits per heavy atom. The van der Waals surface area contributed by atoms with Gasteiger partial charge >= 0.3 is 12.6 Å². The Morgan fingerprint density at radius 3 is 2.50 bits per heavy atom. The molecule has 22 heavy (non-hydrogen) atoms. The summed E-state index contributed by atoms with van der Waals surface area (Å²) in [5, 5.41) is 8.51. The van der Waals surface area contributed by atoms with Gasteiger partial charge in [0.2, 0.25) is 10.0 Å². The molecule has 1 unspecified atom stereocenters. The van der Waals surface area contributed by atoms with Gasteiger partial charge in [-0.2, -0.15) is 8.78 Å². The Labute approximate surface area is 131 Å². The van der Waals surface area contributed by atoms with Crippen molar-refractivity contribution in [1.82, 2.24) is 4.31 Å². The zero-order chi connectivity index (χ0) is 17.1. The molecule has 10 heteroatoms. The van der Waals surface area contributed by atoms with E-state index in [-0.39, 0.29) is 22.2 Å². The standard InChI is InChI=1S/C12H14ClF2NO5S/c1-7(11(17)18)6-16(2)22(19,20)8-3-4-10(9(13)5-8)21-12(14)15/h3-5,7,12H,6H2,1-2H3,(H,17,18). The van der Waals surface area contributed by atoms with Crippen LogP contribution < -0.4 is 4.74 Å². The summed E-state index contributed by atoms with van der Waals surface area (Å²) >= 11 is 5.70. The lowest BCUT2D eigenvalue weighted by molar-refractivity contribution is -0.141. The number of benzene rings is 1. The summed E-state index contributed by atoms with van der Waals surface area (Å²) in [5.41, 5.74) is 0. The van der Waals surface area contributed by atoms with Crippen molar-refractivity contribution in [2.45, 2.75) is 18.4 Å². The molecule has 0 amide bonds. The molecule has 1 N–H and O–H groups in total. The number of hydrogen-bond donors (Lipinski definition) is 1. The second kappa shape index (κ2) is 7.21. The number of nitrogens with zero attached hydrogens (tertiary/aromatic N) is 1. The van der Waals surface area contributed by atoms with Gasteiger partial charge in [-0.25, -0.2) is 12.7 Å². The zero-order valence-corrected chi connectivity index (χ0v) is 13.2. The first-order valence-electron chi connectivity index (χ1n) is 5.99. The Balaban J connectivity index is 3.03. The summed E-state index contributed by atoms with van der Waals surface area (Å²) in [6, 6.07) is 3.03. The van der Waals surface area contributed by atoms with Crippen molar-refractivity contribution in [1.29, 1.82) is 0 Å². The van der Waals surface area contributed by atoms with E-state index in [9.17, 15) is 22.0 Å². The molecule has 124 valence electrons. The molecule has 0 saturated heterocycles. The van der Waals surface area contributed by atoms with E-state index >= 15 is 0 Å². The molecule has 0 aliphatic carbocycles. The SMILES string of the molecule is CC(CN(C)S(=O)(=O)c1ccc(OC(F)F)c(Cl)c1)C(=O)O. The zero-order valence-electron chi connectivity index (χ0n) is 11.7. The monoisotopic (exact) mass is 357 g/mol. The van der Waals surface area contributed by atoms with Gasteiger partial charge in [0, 0.05) is 13.6 Å². The molecule has 1 aromatic rings. The molecular formula is C12H14ClF2NO5S. The Hall–Kier alpha value is -1.45. The molecule has 1 rings (SSSR count). The maximum atomic E-state index is 12.3. The molecule has 0 spiro atoms. The maximum absolute atomic E-state index is 12.3. The number of carboxylic acids is 1. The van der Waals surface area contributed by atoms with Gasteiger partial charge in [-0.3, -0.25) is 4.79 Å². The number of ether oxygens (including phenoxy) is 1. The quantitative estimate of drug-likeness (QED) is 0.809. The van der Waals surface area contributed by atoms with Crippen LogP contribution in [0.5, 0.6) is 5.75 Å². The van der Waals surface area contributed by atoms with Gasteiger partial charge in [0.05, 0.1) is 15.8 Å². The van der Waals surface area contributed by atoms with Crippen LogP contribution in [-0.2, 0) is 14.8 Å². The summed E-state index contributed by atoms with van der Waals surface area (Å²) in [4.78, 5) is 10.5. The number of hydrogen-bond acceptors (Lipinski definition) is 4. The fourth-order valence-corrected chi connectivity index (χ4v) is 3.15. The van der Waals surface area contributed by atoms with Gasteiger partial charge in [-0.1, -0.05) is 18.5 Å². The van der Waals surface area contributed by atoms with E-state index in [2.05, 4.69) is 4.74 Å². The summed E-state index contributed by atoms with van der Waals surface area (Å²) in [7, 11) is -2.78. The average Bonchev–Trinajstić information content (AvgIpc) is 2.40. The Bertz CT molecular complexity index is 653.